The van der Waals surface area contributed by atoms with Crippen molar-refractivity contribution in [3.05, 3.63) is 11.6 Å². The van der Waals surface area contributed by atoms with E-state index in [4.69, 9.17) is 4.74 Å². The van der Waals surface area contributed by atoms with Crippen LogP contribution in [0.5, 0.6) is 0 Å². The summed E-state index contributed by atoms with van der Waals surface area (Å²) in [6.45, 7) is 13.3. The standard InChI is InChI=1S/C16H30N2O/c1-13-7-9-18(10-8-13)12-15-6-5-14(19-15)11-17-16(2,3)4/h7,14-15,17H,5-6,8-12H2,1-4H3. The van der Waals surface area contributed by atoms with Crippen LogP contribution in [-0.4, -0.2) is 48.8 Å². The van der Waals surface area contributed by atoms with Crippen LogP contribution in [0.25, 0.3) is 0 Å². The summed E-state index contributed by atoms with van der Waals surface area (Å²) >= 11 is 0. The zero-order valence-electron chi connectivity index (χ0n) is 13.0. The van der Waals surface area contributed by atoms with Gasteiger partial charge in [-0.2, -0.15) is 0 Å². The summed E-state index contributed by atoms with van der Waals surface area (Å²) in [5.74, 6) is 0. The fourth-order valence-electron chi connectivity index (χ4n) is 2.75. The second-order valence-electron chi connectivity index (χ2n) is 7.15. The van der Waals surface area contributed by atoms with Crippen LogP contribution in [0.15, 0.2) is 11.6 Å². The van der Waals surface area contributed by atoms with E-state index in [1.165, 1.54) is 31.4 Å². The van der Waals surface area contributed by atoms with Gasteiger partial charge in [0.25, 0.3) is 0 Å². The Morgan fingerprint density at radius 1 is 1.32 bits per heavy atom. The quantitative estimate of drug-likeness (QED) is 0.792. The van der Waals surface area contributed by atoms with Crippen LogP contribution in [0.3, 0.4) is 0 Å². The Kier molecular flexibility index (Phi) is 5.04. The van der Waals surface area contributed by atoms with Gasteiger partial charge in [0.05, 0.1) is 12.2 Å². The average Bonchev–Trinajstić information content (AvgIpc) is 2.77. The highest BCUT2D eigenvalue weighted by molar-refractivity contribution is 5.04. The SMILES string of the molecule is CC1=CCN(CC2CCC(CNC(C)(C)C)O2)CC1. The highest BCUT2D eigenvalue weighted by Crippen LogP contribution is 2.22. The minimum Gasteiger partial charge on any atom is -0.372 e. The number of nitrogens with zero attached hydrogens (tertiary/aromatic N) is 1. The van der Waals surface area contributed by atoms with Gasteiger partial charge < -0.3 is 10.1 Å². The third-order valence-electron chi connectivity index (χ3n) is 4.04. The van der Waals surface area contributed by atoms with Crippen molar-refractivity contribution in [1.82, 2.24) is 10.2 Å². The third-order valence-corrected chi connectivity index (χ3v) is 4.04. The van der Waals surface area contributed by atoms with Crippen molar-refractivity contribution in [3.8, 4) is 0 Å². The monoisotopic (exact) mass is 266 g/mol. The molecule has 0 amide bonds. The second kappa shape index (κ2) is 6.38. The van der Waals surface area contributed by atoms with Crippen molar-refractivity contribution in [2.75, 3.05) is 26.2 Å². The largest absolute Gasteiger partial charge is 0.372 e. The molecule has 2 rings (SSSR count). The van der Waals surface area contributed by atoms with Gasteiger partial charge in [0.2, 0.25) is 0 Å². The maximum atomic E-state index is 6.16. The zero-order valence-corrected chi connectivity index (χ0v) is 13.0. The van der Waals surface area contributed by atoms with Gasteiger partial charge in [0.15, 0.2) is 0 Å². The summed E-state index contributed by atoms with van der Waals surface area (Å²) in [7, 11) is 0. The topological polar surface area (TPSA) is 24.5 Å². The lowest BCUT2D eigenvalue weighted by molar-refractivity contribution is 0.0223. The Labute approximate surface area is 118 Å². The van der Waals surface area contributed by atoms with E-state index in [0.717, 1.165) is 19.6 Å². The zero-order chi connectivity index (χ0) is 13.9. The van der Waals surface area contributed by atoms with E-state index >= 15 is 0 Å². The Morgan fingerprint density at radius 2 is 2.05 bits per heavy atom. The summed E-state index contributed by atoms with van der Waals surface area (Å²) in [5, 5.41) is 3.55. The van der Waals surface area contributed by atoms with Gasteiger partial charge in [0.1, 0.15) is 0 Å². The van der Waals surface area contributed by atoms with Crippen molar-refractivity contribution < 1.29 is 4.74 Å². The van der Waals surface area contributed by atoms with E-state index in [0.29, 0.717) is 12.2 Å². The lowest BCUT2D eigenvalue weighted by Crippen LogP contribution is -2.41. The van der Waals surface area contributed by atoms with Crippen LogP contribution in [0.2, 0.25) is 0 Å². The van der Waals surface area contributed by atoms with Crippen molar-refractivity contribution in [3.63, 3.8) is 0 Å². The summed E-state index contributed by atoms with van der Waals surface area (Å²) < 4.78 is 6.16. The molecular weight excluding hydrogens is 236 g/mol. The number of rotatable bonds is 4. The first-order valence-corrected chi connectivity index (χ1v) is 7.71. The van der Waals surface area contributed by atoms with Gasteiger partial charge in [-0.3, -0.25) is 4.90 Å². The molecule has 1 N–H and O–H groups in total. The molecule has 3 nitrogen and oxygen atoms in total. The van der Waals surface area contributed by atoms with Crippen molar-refractivity contribution in [2.24, 2.45) is 0 Å². The minimum absolute atomic E-state index is 0.191. The number of ether oxygens (including phenoxy) is 1. The Hall–Kier alpha value is -0.380. The highest BCUT2D eigenvalue weighted by Gasteiger charge is 2.27. The number of nitrogens with one attached hydrogen (secondary N) is 1. The molecule has 0 aromatic rings. The maximum absolute atomic E-state index is 6.16. The fourth-order valence-corrected chi connectivity index (χ4v) is 2.75. The van der Waals surface area contributed by atoms with Crippen molar-refractivity contribution in [2.45, 2.75) is 64.7 Å². The molecule has 0 aromatic heterocycles. The Morgan fingerprint density at radius 3 is 2.68 bits per heavy atom. The summed E-state index contributed by atoms with van der Waals surface area (Å²) in [4.78, 5) is 2.53. The normalized spacial score (nSPS) is 29.6. The smallest absolute Gasteiger partial charge is 0.0707 e. The molecule has 3 heteroatoms. The summed E-state index contributed by atoms with van der Waals surface area (Å²) in [6, 6.07) is 0. The predicted octanol–water partition coefficient (Wildman–Crippen LogP) is 2.57. The van der Waals surface area contributed by atoms with Gasteiger partial charge in [-0.1, -0.05) is 11.6 Å². The van der Waals surface area contributed by atoms with Gasteiger partial charge in [-0.15, -0.1) is 0 Å². The third kappa shape index (κ3) is 5.25. The Bertz CT molecular complexity index is 319. The van der Waals surface area contributed by atoms with E-state index in [9.17, 15) is 0 Å². The van der Waals surface area contributed by atoms with Crippen LogP contribution in [0, 0.1) is 0 Å². The molecule has 0 saturated carbocycles. The molecule has 19 heavy (non-hydrogen) atoms. The summed E-state index contributed by atoms with van der Waals surface area (Å²) in [6.07, 6.45) is 6.86. The molecule has 0 aliphatic carbocycles. The van der Waals surface area contributed by atoms with Crippen molar-refractivity contribution in [1.29, 1.82) is 0 Å². The maximum Gasteiger partial charge on any atom is 0.0707 e. The van der Waals surface area contributed by atoms with Gasteiger partial charge in [0, 0.05) is 31.7 Å². The van der Waals surface area contributed by atoms with E-state index in [1.54, 1.807) is 0 Å². The molecule has 1 fully saturated rings. The van der Waals surface area contributed by atoms with E-state index < -0.39 is 0 Å². The molecule has 0 radical (unpaired) electrons. The second-order valence-corrected chi connectivity index (χ2v) is 7.15. The minimum atomic E-state index is 0.191. The molecule has 0 spiro atoms. The van der Waals surface area contributed by atoms with E-state index in [1.807, 2.05) is 0 Å². The van der Waals surface area contributed by atoms with Gasteiger partial charge in [-0.05, 0) is 47.0 Å². The summed E-state index contributed by atoms with van der Waals surface area (Å²) in [5.41, 5.74) is 1.73. The lowest BCUT2D eigenvalue weighted by atomic mass is 10.1. The van der Waals surface area contributed by atoms with Crippen LogP contribution in [-0.2, 0) is 4.74 Å². The lowest BCUT2D eigenvalue weighted by Gasteiger charge is -2.28. The molecule has 2 heterocycles. The average molecular weight is 266 g/mol. The van der Waals surface area contributed by atoms with E-state index in [-0.39, 0.29) is 5.54 Å². The molecule has 2 aliphatic rings. The first kappa shape index (κ1) is 15.0. The van der Waals surface area contributed by atoms with Gasteiger partial charge in [-0.25, -0.2) is 0 Å². The van der Waals surface area contributed by atoms with Crippen molar-refractivity contribution >= 4 is 0 Å². The molecule has 2 atom stereocenters. The molecule has 2 unspecified atom stereocenters. The molecule has 0 aromatic carbocycles. The van der Waals surface area contributed by atoms with Crippen LogP contribution < -0.4 is 5.32 Å². The van der Waals surface area contributed by atoms with E-state index in [2.05, 4.69) is 44.0 Å². The fraction of sp³-hybridized carbons (Fsp3) is 0.875. The molecule has 2 aliphatic heterocycles. The number of hydrogen-bond donors (Lipinski definition) is 1. The van der Waals surface area contributed by atoms with Crippen LogP contribution in [0.1, 0.15) is 47.0 Å². The highest BCUT2D eigenvalue weighted by atomic mass is 16.5. The molecule has 1 saturated heterocycles. The van der Waals surface area contributed by atoms with Crippen LogP contribution in [0.4, 0.5) is 0 Å². The first-order chi connectivity index (χ1) is 8.92. The number of hydrogen-bond acceptors (Lipinski definition) is 3. The predicted molar refractivity (Wildman–Crippen MR) is 80.5 cm³/mol. The molecular formula is C16H30N2O. The Balaban J connectivity index is 1.68. The molecule has 110 valence electrons. The van der Waals surface area contributed by atoms with Crippen LogP contribution >= 0.6 is 0 Å². The van der Waals surface area contributed by atoms with Gasteiger partial charge >= 0.3 is 0 Å². The first-order valence-electron chi connectivity index (χ1n) is 7.71. The molecule has 0 bridgehead atoms.